The summed E-state index contributed by atoms with van der Waals surface area (Å²) in [4.78, 5) is 24.0. The van der Waals surface area contributed by atoms with Crippen LogP contribution < -0.4 is 15.4 Å². The van der Waals surface area contributed by atoms with E-state index in [0.29, 0.717) is 10.6 Å². The molecule has 0 aliphatic carbocycles. The minimum atomic E-state index is -3.86. The van der Waals surface area contributed by atoms with Crippen molar-refractivity contribution in [1.29, 1.82) is 0 Å². The fourth-order valence-electron chi connectivity index (χ4n) is 2.18. The highest BCUT2D eigenvalue weighted by atomic mass is 35.5. The van der Waals surface area contributed by atoms with Gasteiger partial charge >= 0.3 is 0 Å². The van der Waals surface area contributed by atoms with Crippen LogP contribution in [0.15, 0.2) is 45.9 Å². The van der Waals surface area contributed by atoms with E-state index in [9.17, 15) is 18.0 Å². The molecule has 2 aromatic rings. The number of carbonyl (C=O) groups is 2. The average Bonchev–Trinajstić information content (AvgIpc) is 3.08. The van der Waals surface area contributed by atoms with Gasteiger partial charge in [-0.05, 0) is 57.2 Å². The molecule has 152 valence electrons. The standard InChI is InChI=1S/C18H22ClN3O5S/c1-18(2,3)22-28(25,26)15-9-8-14(27-15)17(24)21-11-10-20-16(23)12-4-6-13(19)7-5-12/h4-9,22H,10-11H2,1-3H3,(H,20,23)(H,21,24). The van der Waals surface area contributed by atoms with Crippen LogP contribution in [0.5, 0.6) is 0 Å². The van der Waals surface area contributed by atoms with E-state index in [2.05, 4.69) is 15.4 Å². The number of furan rings is 1. The van der Waals surface area contributed by atoms with E-state index in [1.807, 2.05) is 0 Å². The van der Waals surface area contributed by atoms with E-state index in [4.69, 9.17) is 16.0 Å². The van der Waals surface area contributed by atoms with Crippen molar-refractivity contribution >= 4 is 33.4 Å². The van der Waals surface area contributed by atoms with Gasteiger partial charge in [0.25, 0.3) is 21.8 Å². The van der Waals surface area contributed by atoms with Gasteiger partial charge in [-0.1, -0.05) is 11.6 Å². The molecule has 2 rings (SSSR count). The molecule has 10 heteroatoms. The summed E-state index contributed by atoms with van der Waals surface area (Å²) < 4.78 is 32.0. The minimum absolute atomic E-state index is 0.140. The first-order valence-electron chi connectivity index (χ1n) is 8.44. The van der Waals surface area contributed by atoms with Gasteiger partial charge in [0.15, 0.2) is 5.76 Å². The van der Waals surface area contributed by atoms with E-state index >= 15 is 0 Å². The first-order valence-corrected chi connectivity index (χ1v) is 10.3. The Balaban J connectivity index is 1.85. The van der Waals surface area contributed by atoms with Gasteiger partial charge in [0.2, 0.25) is 5.09 Å². The molecule has 1 aromatic carbocycles. The molecule has 2 amide bonds. The third-order valence-corrected chi connectivity index (χ3v) is 5.20. The van der Waals surface area contributed by atoms with Crippen molar-refractivity contribution in [2.75, 3.05) is 13.1 Å². The number of rotatable bonds is 7. The van der Waals surface area contributed by atoms with E-state index < -0.39 is 21.5 Å². The lowest BCUT2D eigenvalue weighted by Gasteiger charge is -2.18. The predicted octanol–water partition coefficient (Wildman–Crippen LogP) is 2.17. The second kappa shape index (κ2) is 8.76. The Hall–Kier alpha value is -2.36. The first-order chi connectivity index (χ1) is 13.0. The number of hydrogen-bond acceptors (Lipinski definition) is 5. The van der Waals surface area contributed by atoms with Gasteiger partial charge < -0.3 is 15.1 Å². The number of halogens is 1. The van der Waals surface area contributed by atoms with Crippen LogP contribution in [-0.4, -0.2) is 38.9 Å². The summed E-state index contributed by atoms with van der Waals surface area (Å²) in [6, 6.07) is 8.88. The number of carbonyl (C=O) groups excluding carboxylic acids is 2. The Morgan fingerprint density at radius 2 is 1.54 bits per heavy atom. The van der Waals surface area contributed by atoms with Crippen LogP contribution in [0.4, 0.5) is 0 Å². The van der Waals surface area contributed by atoms with Crippen molar-refractivity contribution in [2.24, 2.45) is 0 Å². The zero-order chi connectivity index (χ0) is 20.9. The quantitative estimate of drug-likeness (QED) is 0.585. The Morgan fingerprint density at radius 3 is 2.11 bits per heavy atom. The molecule has 0 atom stereocenters. The van der Waals surface area contributed by atoms with Crippen LogP contribution in [0.1, 0.15) is 41.7 Å². The lowest BCUT2D eigenvalue weighted by Crippen LogP contribution is -2.40. The highest BCUT2D eigenvalue weighted by molar-refractivity contribution is 7.89. The average molecular weight is 428 g/mol. The van der Waals surface area contributed by atoms with Gasteiger partial charge in [0.1, 0.15) is 0 Å². The molecule has 0 saturated carbocycles. The molecule has 0 aliphatic rings. The summed E-state index contributed by atoms with van der Waals surface area (Å²) in [6.07, 6.45) is 0. The lowest BCUT2D eigenvalue weighted by molar-refractivity contribution is 0.0906. The Kier molecular flexibility index (Phi) is 6.87. The van der Waals surface area contributed by atoms with Crippen molar-refractivity contribution in [3.63, 3.8) is 0 Å². The number of nitrogens with one attached hydrogen (secondary N) is 3. The highest BCUT2D eigenvalue weighted by Crippen LogP contribution is 2.16. The molecule has 0 aliphatic heterocycles. The molecule has 0 spiro atoms. The molecule has 28 heavy (non-hydrogen) atoms. The van der Waals surface area contributed by atoms with E-state index in [0.717, 1.165) is 0 Å². The van der Waals surface area contributed by atoms with Crippen LogP contribution >= 0.6 is 11.6 Å². The fraction of sp³-hybridized carbons (Fsp3) is 0.333. The van der Waals surface area contributed by atoms with Crippen molar-refractivity contribution in [1.82, 2.24) is 15.4 Å². The van der Waals surface area contributed by atoms with Gasteiger partial charge in [0, 0.05) is 29.2 Å². The Bertz CT molecular complexity index is 946. The van der Waals surface area contributed by atoms with Gasteiger partial charge in [-0.25, -0.2) is 13.1 Å². The molecule has 3 N–H and O–H groups in total. The van der Waals surface area contributed by atoms with Crippen molar-refractivity contribution < 1.29 is 22.4 Å². The zero-order valence-corrected chi connectivity index (χ0v) is 17.3. The topological polar surface area (TPSA) is 118 Å². The third-order valence-electron chi connectivity index (χ3n) is 3.31. The largest absolute Gasteiger partial charge is 0.438 e. The zero-order valence-electron chi connectivity index (χ0n) is 15.7. The molecule has 1 heterocycles. The van der Waals surface area contributed by atoms with E-state index in [-0.39, 0.29) is 29.8 Å². The third kappa shape index (κ3) is 6.36. The van der Waals surface area contributed by atoms with Crippen LogP contribution in [0.3, 0.4) is 0 Å². The number of amides is 2. The number of sulfonamides is 1. The van der Waals surface area contributed by atoms with Crippen molar-refractivity contribution in [2.45, 2.75) is 31.4 Å². The molecule has 0 fully saturated rings. The highest BCUT2D eigenvalue weighted by Gasteiger charge is 2.26. The molecule has 1 aromatic heterocycles. The number of hydrogen-bond donors (Lipinski definition) is 3. The summed E-state index contributed by atoms with van der Waals surface area (Å²) in [7, 11) is -3.86. The normalized spacial score (nSPS) is 11.9. The van der Waals surface area contributed by atoms with Crippen molar-refractivity contribution in [3.8, 4) is 0 Å². The monoisotopic (exact) mass is 427 g/mol. The van der Waals surface area contributed by atoms with Crippen LogP contribution in [0.25, 0.3) is 0 Å². The summed E-state index contributed by atoms with van der Waals surface area (Å²) in [5, 5.41) is 5.38. The SMILES string of the molecule is CC(C)(C)NS(=O)(=O)c1ccc(C(=O)NCCNC(=O)c2ccc(Cl)cc2)o1. The van der Waals surface area contributed by atoms with Crippen molar-refractivity contribution in [3.05, 3.63) is 52.7 Å². The number of benzene rings is 1. The molecule has 0 unspecified atom stereocenters. The van der Waals surface area contributed by atoms with Gasteiger partial charge in [-0.3, -0.25) is 9.59 Å². The van der Waals surface area contributed by atoms with Crippen LogP contribution in [0.2, 0.25) is 5.02 Å². The molecule has 0 bridgehead atoms. The molecule has 0 saturated heterocycles. The summed E-state index contributed by atoms with van der Waals surface area (Å²) in [6.45, 7) is 5.41. The van der Waals surface area contributed by atoms with Gasteiger partial charge in [-0.15, -0.1) is 0 Å². The maximum atomic E-state index is 12.2. The maximum Gasteiger partial charge on any atom is 0.287 e. The fourth-order valence-corrected chi connectivity index (χ4v) is 3.66. The van der Waals surface area contributed by atoms with E-state index in [1.165, 1.54) is 12.1 Å². The Labute approximate surface area is 168 Å². The molecule has 0 radical (unpaired) electrons. The maximum absolute atomic E-state index is 12.2. The summed E-state index contributed by atoms with van der Waals surface area (Å²) in [5.41, 5.74) is -0.237. The van der Waals surface area contributed by atoms with E-state index in [1.54, 1.807) is 45.0 Å². The first kappa shape index (κ1) is 21.9. The van der Waals surface area contributed by atoms with Crippen LogP contribution in [-0.2, 0) is 10.0 Å². The van der Waals surface area contributed by atoms with Gasteiger partial charge in [0.05, 0.1) is 0 Å². The molecular formula is C18H22ClN3O5S. The lowest BCUT2D eigenvalue weighted by atomic mass is 10.1. The summed E-state index contributed by atoms with van der Waals surface area (Å²) >= 11 is 5.77. The molecular weight excluding hydrogens is 406 g/mol. The second-order valence-corrected chi connectivity index (χ2v) is 9.04. The second-order valence-electron chi connectivity index (χ2n) is 6.99. The molecule has 8 nitrogen and oxygen atoms in total. The summed E-state index contributed by atoms with van der Waals surface area (Å²) in [5.74, 6) is -1.03. The van der Waals surface area contributed by atoms with Gasteiger partial charge in [-0.2, -0.15) is 0 Å². The smallest absolute Gasteiger partial charge is 0.287 e. The predicted molar refractivity (Wildman–Crippen MR) is 105 cm³/mol. The Morgan fingerprint density at radius 1 is 0.964 bits per heavy atom. The minimum Gasteiger partial charge on any atom is -0.438 e. The van der Waals surface area contributed by atoms with Crippen LogP contribution in [0, 0.1) is 0 Å².